The SMILES string of the molecule is COC(=O)CNC(=O)c1cscc1C. The van der Waals surface area contributed by atoms with Gasteiger partial charge < -0.3 is 10.1 Å². The smallest absolute Gasteiger partial charge is 0.325 e. The first-order valence-electron chi connectivity index (χ1n) is 4.03. The number of amides is 1. The molecule has 0 aliphatic heterocycles. The van der Waals surface area contributed by atoms with Gasteiger partial charge in [-0.15, -0.1) is 0 Å². The molecule has 0 saturated heterocycles. The first kappa shape index (κ1) is 10.7. The zero-order chi connectivity index (χ0) is 10.6. The van der Waals surface area contributed by atoms with Crippen molar-refractivity contribution in [1.29, 1.82) is 0 Å². The van der Waals surface area contributed by atoms with Crippen molar-refractivity contribution in [2.75, 3.05) is 13.7 Å². The van der Waals surface area contributed by atoms with E-state index in [1.54, 1.807) is 5.38 Å². The maximum absolute atomic E-state index is 11.4. The number of ether oxygens (including phenoxy) is 1. The Bertz CT molecular complexity index is 346. The maximum Gasteiger partial charge on any atom is 0.325 e. The highest BCUT2D eigenvalue weighted by atomic mass is 32.1. The molecule has 14 heavy (non-hydrogen) atoms. The Labute approximate surface area is 85.9 Å². The Morgan fingerprint density at radius 2 is 2.21 bits per heavy atom. The lowest BCUT2D eigenvalue weighted by Crippen LogP contribution is -2.30. The molecule has 1 N–H and O–H groups in total. The van der Waals surface area contributed by atoms with Gasteiger partial charge in [-0.25, -0.2) is 0 Å². The van der Waals surface area contributed by atoms with E-state index in [0.29, 0.717) is 5.56 Å². The van der Waals surface area contributed by atoms with Gasteiger partial charge in [0, 0.05) is 5.38 Å². The first-order valence-corrected chi connectivity index (χ1v) is 4.97. The standard InChI is InChI=1S/C9H11NO3S/c1-6-4-14-5-7(6)9(12)10-3-8(11)13-2/h4-5H,3H2,1-2H3,(H,10,12). The summed E-state index contributed by atoms with van der Waals surface area (Å²) in [5, 5.41) is 6.10. The normalized spacial score (nSPS) is 9.57. The van der Waals surface area contributed by atoms with Crippen LogP contribution in [0.3, 0.4) is 0 Å². The van der Waals surface area contributed by atoms with Gasteiger partial charge in [-0.05, 0) is 17.9 Å². The van der Waals surface area contributed by atoms with Crippen LogP contribution in [0.2, 0.25) is 0 Å². The molecule has 0 unspecified atom stereocenters. The van der Waals surface area contributed by atoms with Crippen LogP contribution >= 0.6 is 11.3 Å². The van der Waals surface area contributed by atoms with E-state index < -0.39 is 5.97 Å². The lowest BCUT2D eigenvalue weighted by atomic mass is 10.2. The number of carbonyl (C=O) groups is 2. The van der Waals surface area contributed by atoms with Crippen LogP contribution in [0.25, 0.3) is 0 Å². The Balaban J connectivity index is 2.52. The van der Waals surface area contributed by atoms with E-state index in [9.17, 15) is 9.59 Å². The van der Waals surface area contributed by atoms with Crippen molar-refractivity contribution in [3.63, 3.8) is 0 Å². The predicted octanol–water partition coefficient (Wildman–Crippen LogP) is 0.959. The number of thiophene rings is 1. The Morgan fingerprint density at radius 3 is 2.71 bits per heavy atom. The Hall–Kier alpha value is -1.36. The fourth-order valence-corrected chi connectivity index (χ4v) is 1.74. The molecule has 0 aliphatic rings. The zero-order valence-electron chi connectivity index (χ0n) is 7.99. The van der Waals surface area contributed by atoms with Crippen LogP contribution in [0.5, 0.6) is 0 Å². The molecule has 4 nitrogen and oxygen atoms in total. The van der Waals surface area contributed by atoms with Crippen LogP contribution < -0.4 is 5.32 Å². The van der Waals surface area contributed by atoms with Crippen molar-refractivity contribution < 1.29 is 14.3 Å². The molecule has 0 aliphatic carbocycles. The van der Waals surface area contributed by atoms with E-state index in [1.165, 1.54) is 18.4 Å². The molecule has 0 spiro atoms. The zero-order valence-corrected chi connectivity index (χ0v) is 8.81. The van der Waals surface area contributed by atoms with Gasteiger partial charge in [-0.3, -0.25) is 9.59 Å². The molecular weight excluding hydrogens is 202 g/mol. The van der Waals surface area contributed by atoms with E-state index in [-0.39, 0.29) is 12.5 Å². The number of hydrogen-bond donors (Lipinski definition) is 1. The van der Waals surface area contributed by atoms with Crippen molar-refractivity contribution in [3.05, 3.63) is 21.9 Å². The second-order valence-corrected chi connectivity index (χ2v) is 3.47. The number of nitrogens with one attached hydrogen (secondary N) is 1. The maximum atomic E-state index is 11.4. The molecule has 1 heterocycles. The minimum atomic E-state index is -0.453. The fourth-order valence-electron chi connectivity index (χ4n) is 0.913. The molecule has 1 amide bonds. The molecular formula is C9H11NO3S. The lowest BCUT2D eigenvalue weighted by molar-refractivity contribution is -0.139. The van der Waals surface area contributed by atoms with Crippen molar-refractivity contribution in [2.45, 2.75) is 6.92 Å². The van der Waals surface area contributed by atoms with Gasteiger partial charge in [0.2, 0.25) is 0 Å². The number of hydrogen-bond acceptors (Lipinski definition) is 4. The third-order valence-electron chi connectivity index (χ3n) is 1.72. The summed E-state index contributed by atoms with van der Waals surface area (Å²) in [5.41, 5.74) is 1.52. The molecule has 5 heteroatoms. The molecule has 0 radical (unpaired) electrons. The van der Waals surface area contributed by atoms with Crippen LogP contribution in [-0.2, 0) is 9.53 Å². The van der Waals surface area contributed by atoms with Crippen LogP contribution in [0.1, 0.15) is 15.9 Å². The van der Waals surface area contributed by atoms with Gasteiger partial charge in [0.25, 0.3) is 5.91 Å². The highest BCUT2D eigenvalue weighted by molar-refractivity contribution is 7.08. The van der Waals surface area contributed by atoms with E-state index in [0.717, 1.165) is 5.56 Å². The number of methoxy groups -OCH3 is 1. The summed E-state index contributed by atoms with van der Waals surface area (Å²) in [5.74, 6) is -0.694. The molecule has 1 rings (SSSR count). The van der Waals surface area contributed by atoms with E-state index in [2.05, 4.69) is 10.1 Å². The minimum Gasteiger partial charge on any atom is -0.468 e. The summed E-state index contributed by atoms with van der Waals surface area (Å²) in [6.07, 6.45) is 0. The second-order valence-electron chi connectivity index (χ2n) is 2.73. The van der Waals surface area contributed by atoms with Crippen LogP contribution in [0.4, 0.5) is 0 Å². The highest BCUT2D eigenvalue weighted by Crippen LogP contribution is 2.12. The molecule has 1 aromatic heterocycles. The van der Waals surface area contributed by atoms with E-state index >= 15 is 0 Å². The van der Waals surface area contributed by atoms with Gasteiger partial charge in [-0.1, -0.05) is 0 Å². The summed E-state index contributed by atoms with van der Waals surface area (Å²) in [4.78, 5) is 22.2. The largest absolute Gasteiger partial charge is 0.468 e. The topological polar surface area (TPSA) is 55.4 Å². The number of aryl methyl sites for hydroxylation is 1. The Morgan fingerprint density at radius 1 is 1.50 bits per heavy atom. The molecule has 0 bridgehead atoms. The van der Waals surface area contributed by atoms with Crippen molar-refractivity contribution in [3.8, 4) is 0 Å². The summed E-state index contributed by atoms with van der Waals surface area (Å²) >= 11 is 1.46. The Kier molecular flexibility index (Phi) is 3.64. The summed E-state index contributed by atoms with van der Waals surface area (Å²) in [6.45, 7) is 1.76. The monoisotopic (exact) mass is 213 g/mol. The van der Waals surface area contributed by atoms with Crippen molar-refractivity contribution in [2.24, 2.45) is 0 Å². The number of carbonyl (C=O) groups excluding carboxylic acids is 2. The van der Waals surface area contributed by atoms with Crippen molar-refractivity contribution in [1.82, 2.24) is 5.32 Å². The molecule has 76 valence electrons. The van der Waals surface area contributed by atoms with E-state index in [1.807, 2.05) is 12.3 Å². The lowest BCUT2D eigenvalue weighted by Gasteiger charge is -2.02. The molecule has 1 aromatic rings. The van der Waals surface area contributed by atoms with Gasteiger partial charge in [-0.2, -0.15) is 11.3 Å². The average Bonchev–Trinajstić information content (AvgIpc) is 2.60. The number of rotatable bonds is 3. The molecule has 0 atom stereocenters. The second kappa shape index (κ2) is 4.76. The predicted molar refractivity (Wildman–Crippen MR) is 53.4 cm³/mol. The fraction of sp³-hybridized carbons (Fsp3) is 0.333. The van der Waals surface area contributed by atoms with Crippen LogP contribution in [-0.4, -0.2) is 25.5 Å². The van der Waals surface area contributed by atoms with Gasteiger partial charge in [0.05, 0.1) is 12.7 Å². The summed E-state index contributed by atoms with van der Waals surface area (Å²) < 4.78 is 4.40. The number of esters is 1. The van der Waals surface area contributed by atoms with Crippen LogP contribution in [0, 0.1) is 6.92 Å². The van der Waals surface area contributed by atoms with Gasteiger partial charge >= 0.3 is 5.97 Å². The molecule has 0 fully saturated rings. The minimum absolute atomic E-state index is 0.0926. The van der Waals surface area contributed by atoms with E-state index in [4.69, 9.17) is 0 Å². The third-order valence-corrected chi connectivity index (χ3v) is 2.58. The highest BCUT2D eigenvalue weighted by Gasteiger charge is 2.10. The summed E-state index contributed by atoms with van der Waals surface area (Å²) in [6, 6.07) is 0. The summed E-state index contributed by atoms with van der Waals surface area (Å²) in [7, 11) is 1.28. The van der Waals surface area contributed by atoms with Crippen molar-refractivity contribution >= 4 is 23.2 Å². The first-order chi connectivity index (χ1) is 6.65. The third kappa shape index (κ3) is 2.56. The van der Waals surface area contributed by atoms with Crippen LogP contribution in [0.15, 0.2) is 10.8 Å². The van der Waals surface area contributed by atoms with Gasteiger partial charge in [0.1, 0.15) is 6.54 Å². The average molecular weight is 213 g/mol. The van der Waals surface area contributed by atoms with Gasteiger partial charge in [0.15, 0.2) is 0 Å². The quantitative estimate of drug-likeness (QED) is 0.761. The molecule has 0 aromatic carbocycles. The molecule has 0 saturated carbocycles.